The van der Waals surface area contributed by atoms with Crippen molar-refractivity contribution in [2.75, 3.05) is 23.0 Å². The molecule has 0 aromatic heterocycles. The molecule has 0 saturated heterocycles. The number of carbonyl (C=O) groups is 1. The Bertz CT molecular complexity index is 1060. The predicted molar refractivity (Wildman–Crippen MR) is 111 cm³/mol. The largest absolute Gasteiger partial charge is 0.495 e. The van der Waals surface area contributed by atoms with Gasteiger partial charge in [-0.1, -0.05) is 17.7 Å². The highest BCUT2D eigenvalue weighted by atomic mass is 35.5. The minimum atomic E-state index is -3.93. The molecule has 1 atom stereocenters. The van der Waals surface area contributed by atoms with Crippen LogP contribution in [0, 0.1) is 17.0 Å². The number of carbonyl (C=O) groups excluding carboxylic acids is 1. The molecule has 2 aromatic carbocycles. The first-order valence-electron chi connectivity index (χ1n) is 8.34. The van der Waals surface area contributed by atoms with Gasteiger partial charge in [-0.3, -0.25) is 19.2 Å². The number of aryl methyl sites for hydroxylation is 1. The molecule has 29 heavy (non-hydrogen) atoms. The Balaban J connectivity index is 2.41. The molecule has 1 amide bonds. The molecule has 2 aromatic rings. The van der Waals surface area contributed by atoms with Crippen molar-refractivity contribution in [3.05, 3.63) is 57.1 Å². The van der Waals surface area contributed by atoms with Gasteiger partial charge < -0.3 is 10.1 Å². The second kappa shape index (κ2) is 8.66. The third-order valence-electron chi connectivity index (χ3n) is 4.15. The van der Waals surface area contributed by atoms with E-state index in [1.165, 1.54) is 32.2 Å². The van der Waals surface area contributed by atoms with Crippen molar-refractivity contribution in [1.82, 2.24) is 0 Å². The Morgan fingerprint density at radius 2 is 1.93 bits per heavy atom. The number of halogens is 1. The maximum Gasteiger partial charge on any atom is 0.271 e. The van der Waals surface area contributed by atoms with Crippen molar-refractivity contribution in [2.24, 2.45) is 0 Å². The summed E-state index contributed by atoms with van der Waals surface area (Å²) in [6.45, 7) is 2.99. The molecule has 0 aliphatic rings. The van der Waals surface area contributed by atoms with E-state index in [0.717, 1.165) is 16.6 Å². The van der Waals surface area contributed by atoms with Crippen LogP contribution in [0.25, 0.3) is 0 Å². The Labute approximate surface area is 173 Å². The van der Waals surface area contributed by atoms with Crippen LogP contribution in [0.2, 0.25) is 5.02 Å². The molecule has 0 fully saturated rings. The molecule has 9 nitrogen and oxygen atoms in total. The first-order valence-corrected chi connectivity index (χ1v) is 10.6. The van der Waals surface area contributed by atoms with E-state index < -0.39 is 26.9 Å². The minimum Gasteiger partial charge on any atom is -0.495 e. The van der Waals surface area contributed by atoms with Gasteiger partial charge in [-0.05, 0) is 37.6 Å². The number of ether oxygens (including phenoxy) is 1. The highest BCUT2D eigenvalue weighted by Crippen LogP contribution is 2.30. The van der Waals surface area contributed by atoms with Crippen molar-refractivity contribution in [3.8, 4) is 5.75 Å². The van der Waals surface area contributed by atoms with Crippen LogP contribution in [0.1, 0.15) is 12.5 Å². The van der Waals surface area contributed by atoms with E-state index in [1.807, 2.05) is 0 Å². The van der Waals surface area contributed by atoms with Crippen molar-refractivity contribution in [1.29, 1.82) is 0 Å². The van der Waals surface area contributed by atoms with E-state index in [2.05, 4.69) is 5.32 Å². The van der Waals surface area contributed by atoms with Crippen molar-refractivity contribution >= 4 is 44.6 Å². The van der Waals surface area contributed by atoms with Gasteiger partial charge in [0.1, 0.15) is 11.8 Å². The van der Waals surface area contributed by atoms with Crippen LogP contribution in [0.4, 0.5) is 17.1 Å². The molecular formula is C18H20ClN3O6S. The van der Waals surface area contributed by atoms with Crippen molar-refractivity contribution in [2.45, 2.75) is 19.9 Å². The molecule has 0 heterocycles. The third kappa shape index (κ3) is 5.15. The van der Waals surface area contributed by atoms with Gasteiger partial charge >= 0.3 is 0 Å². The summed E-state index contributed by atoms with van der Waals surface area (Å²) in [5.74, 6) is -0.217. The summed E-state index contributed by atoms with van der Waals surface area (Å²) < 4.78 is 30.8. The van der Waals surface area contributed by atoms with E-state index in [-0.39, 0.29) is 16.4 Å². The zero-order valence-electron chi connectivity index (χ0n) is 16.2. The van der Waals surface area contributed by atoms with Gasteiger partial charge in [0.05, 0.1) is 29.0 Å². The Morgan fingerprint density at radius 3 is 2.45 bits per heavy atom. The second-order valence-corrected chi connectivity index (χ2v) is 8.57. The number of sulfonamides is 1. The molecule has 0 unspecified atom stereocenters. The lowest BCUT2D eigenvalue weighted by molar-refractivity contribution is -0.384. The number of amides is 1. The Morgan fingerprint density at radius 1 is 1.28 bits per heavy atom. The van der Waals surface area contributed by atoms with Gasteiger partial charge in [-0.25, -0.2) is 8.42 Å². The number of nitro benzene ring substituents is 1. The molecule has 0 aliphatic heterocycles. The quantitative estimate of drug-likeness (QED) is 0.519. The summed E-state index contributed by atoms with van der Waals surface area (Å²) >= 11 is 6.04. The average Bonchev–Trinajstić information content (AvgIpc) is 2.62. The smallest absolute Gasteiger partial charge is 0.271 e. The maximum absolute atomic E-state index is 12.7. The molecule has 1 N–H and O–H groups in total. The van der Waals surface area contributed by atoms with E-state index in [0.29, 0.717) is 17.0 Å². The monoisotopic (exact) mass is 441 g/mol. The standard InChI is InChI=1S/C18H20ClN3O6S/c1-11-5-7-14(22(24)25)10-16(11)21(29(4,26)27)12(2)18(23)20-13-6-8-17(28-3)15(19)9-13/h5-10,12H,1-4H3,(H,20,23)/t12-/m0/s1. The lowest BCUT2D eigenvalue weighted by Gasteiger charge is -2.29. The van der Waals surface area contributed by atoms with Crippen LogP contribution in [0.5, 0.6) is 5.75 Å². The number of hydrogen-bond acceptors (Lipinski definition) is 6. The Hall–Kier alpha value is -2.85. The number of methoxy groups -OCH3 is 1. The highest BCUT2D eigenvalue weighted by Gasteiger charge is 2.31. The van der Waals surface area contributed by atoms with Gasteiger partial charge in [-0.2, -0.15) is 0 Å². The molecule has 0 aliphatic carbocycles. The number of rotatable bonds is 7. The number of non-ortho nitro benzene ring substituents is 1. The normalized spacial score (nSPS) is 12.2. The zero-order chi connectivity index (χ0) is 21.9. The fraction of sp³-hybridized carbons (Fsp3) is 0.278. The molecule has 2 rings (SSSR count). The van der Waals surface area contributed by atoms with Crippen molar-refractivity contribution in [3.63, 3.8) is 0 Å². The summed E-state index contributed by atoms with van der Waals surface area (Å²) in [7, 11) is -2.48. The first-order chi connectivity index (χ1) is 13.5. The number of benzene rings is 2. The van der Waals surface area contributed by atoms with Crippen LogP contribution < -0.4 is 14.4 Å². The number of anilines is 2. The van der Waals surface area contributed by atoms with Crippen molar-refractivity contribution < 1.29 is 22.9 Å². The number of hydrogen-bond donors (Lipinski definition) is 1. The van der Waals surface area contributed by atoms with Crippen LogP contribution in [-0.4, -0.2) is 38.7 Å². The molecule has 0 bridgehead atoms. The lowest BCUT2D eigenvalue weighted by atomic mass is 10.1. The van der Waals surface area contributed by atoms with E-state index in [9.17, 15) is 23.3 Å². The summed E-state index contributed by atoms with van der Waals surface area (Å²) in [6, 6.07) is 7.22. The fourth-order valence-corrected chi connectivity index (χ4v) is 4.20. The average molecular weight is 442 g/mol. The van der Waals surface area contributed by atoms with Gasteiger partial charge in [0.2, 0.25) is 15.9 Å². The highest BCUT2D eigenvalue weighted by molar-refractivity contribution is 7.92. The minimum absolute atomic E-state index is 0.0529. The summed E-state index contributed by atoms with van der Waals surface area (Å²) in [4.78, 5) is 23.2. The van der Waals surface area contributed by atoms with Crippen LogP contribution in [0.3, 0.4) is 0 Å². The first kappa shape index (κ1) is 22.4. The predicted octanol–water partition coefficient (Wildman–Crippen LogP) is 3.36. The molecule has 11 heteroatoms. The van der Waals surface area contributed by atoms with Gasteiger partial charge in [0.25, 0.3) is 5.69 Å². The van der Waals surface area contributed by atoms with Gasteiger partial charge in [-0.15, -0.1) is 0 Å². The second-order valence-electron chi connectivity index (χ2n) is 6.30. The molecule has 156 valence electrons. The lowest BCUT2D eigenvalue weighted by Crippen LogP contribution is -2.45. The summed E-state index contributed by atoms with van der Waals surface area (Å²) in [5.41, 5.74) is 0.580. The summed E-state index contributed by atoms with van der Waals surface area (Å²) in [6.07, 6.45) is 0.930. The third-order valence-corrected chi connectivity index (χ3v) is 5.67. The van der Waals surface area contributed by atoms with Gasteiger partial charge in [0.15, 0.2) is 0 Å². The van der Waals surface area contributed by atoms with Crippen LogP contribution >= 0.6 is 11.6 Å². The molecular weight excluding hydrogens is 422 g/mol. The zero-order valence-corrected chi connectivity index (χ0v) is 17.7. The van der Waals surface area contributed by atoms with Crippen LogP contribution in [-0.2, 0) is 14.8 Å². The van der Waals surface area contributed by atoms with E-state index in [1.54, 1.807) is 19.1 Å². The van der Waals surface area contributed by atoms with Gasteiger partial charge in [0, 0.05) is 17.8 Å². The van der Waals surface area contributed by atoms with Crippen LogP contribution in [0.15, 0.2) is 36.4 Å². The molecule has 0 saturated carbocycles. The number of nitrogens with zero attached hydrogens (tertiary/aromatic N) is 2. The number of nitrogens with one attached hydrogen (secondary N) is 1. The summed E-state index contributed by atoms with van der Waals surface area (Å²) in [5, 5.41) is 14.0. The number of nitro groups is 1. The SMILES string of the molecule is COc1ccc(NC(=O)[C@H](C)N(c2cc([N+](=O)[O-])ccc2C)S(C)(=O)=O)cc1Cl. The molecule has 0 spiro atoms. The van der Waals surface area contributed by atoms with E-state index >= 15 is 0 Å². The maximum atomic E-state index is 12.7. The Kier molecular flexibility index (Phi) is 6.70. The molecule has 0 radical (unpaired) electrons. The van der Waals surface area contributed by atoms with E-state index in [4.69, 9.17) is 16.3 Å². The fourth-order valence-electron chi connectivity index (χ4n) is 2.72. The topological polar surface area (TPSA) is 119 Å².